The molecule has 3 aromatic carbocycles. The third-order valence-corrected chi connectivity index (χ3v) is 8.78. The maximum absolute atomic E-state index is 13.2. The van der Waals surface area contributed by atoms with E-state index in [9.17, 15) is 28.1 Å². The van der Waals surface area contributed by atoms with E-state index in [1.54, 1.807) is 45.0 Å². The minimum Gasteiger partial charge on any atom is -0.494 e. The van der Waals surface area contributed by atoms with Gasteiger partial charge < -0.3 is 19.5 Å². The number of nitro groups is 1. The molecular formula is C32H37Cl2N3O9S. The van der Waals surface area contributed by atoms with E-state index in [1.165, 1.54) is 0 Å². The first-order chi connectivity index (χ1) is 21.9. The second-order valence-corrected chi connectivity index (χ2v) is 14.1. The van der Waals surface area contributed by atoms with Crippen LogP contribution in [0.15, 0.2) is 59.5 Å². The number of benzene rings is 3. The lowest BCUT2D eigenvalue weighted by Crippen LogP contribution is -2.50. The molecular weight excluding hydrogens is 673 g/mol. The minimum absolute atomic E-state index is 0.109. The number of carbonyl (C=O) groups is 2. The highest BCUT2D eigenvalue weighted by Crippen LogP contribution is 2.28. The van der Waals surface area contributed by atoms with E-state index >= 15 is 0 Å². The van der Waals surface area contributed by atoms with E-state index in [2.05, 4.69) is 5.32 Å². The van der Waals surface area contributed by atoms with E-state index < -0.39 is 49.2 Å². The van der Waals surface area contributed by atoms with Crippen LogP contribution in [0.4, 0.5) is 10.5 Å². The van der Waals surface area contributed by atoms with Crippen molar-refractivity contribution < 1.29 is 37.1 Å². The van der Waals surface area contributed by atoms with Crippen molar-refractivity contribution in [2.24, 2.45) is 0 Å². The maximum Gasteiger partial charge on any atom is 0.408 e. The van der Waals surface area contributed by atoms with Gasteiger partial charge in [0.25, 0.3) is 21.6 Å². The molecule has 0 aliphatic carbocycles. The Kier molecular flexibility index (Phi) is 12.9. The Bertz CT molecular complexity index is 1690. The predicted molar refractivity (Wildman–Crippen MR) is 178 cm³/mol. The number of sulfonamides is 1. The third kappa shape index (κ3) is 11.6. The normalized spacial score (nSPS) is 12.1. The van der Waals surface area contributed by atoms with Crippen molar-refractivity contribution in [2.45, 2.75) is 70.4 Å². The number of amides is 2. The van der Waals surface area contributed by atoms with Crippen LogP contribution < -0.4 is 19.5 Å². The van der Waals surface area contributed by atoms with Crippen molar-refractivity contribution in [3.05, 3.63) is 91.4 Å². The molecule has 0 unspecified atom stereocenters. The van der Waals surface area contributed by atoms with E-state index in [0.717, 1.165) is 52.9 Å². The highest BCUT2D eigenvalue weighted by molar-refractivity contribution is 7.90. The Morgan fingerprint density at radius 2 is 1.49 bits per heavy atom. The van der Waals surface area contributed by atoms with Crippen LogP contribution in [0.5, 0.6) is 11.5 Å². The number of halogens is 2. The fraction of sp³-hybridized carbons (Fsp3) is 0.375. The Morgan fingerprint density at radius 1 is 0.915 bits per heavy atom. The second-order valence-electron chi connectivity index (χ2n) is 11.7. The molecule has 0 spiro atoms. The molecule has 0 heterocycles. The summed E-state index contributed by atoms with van der Waals surface area (Å²) in [5, 5.41) is 14.1. The number of nitro benzene ring substituents is 1. The minimum atomic E-state index is -4.57. The van der Waals surface area contributed by atoms with Crippen LogP contribution in [0.25, 0.3) is 0 Å². The van der Waals surface area contributed by atoms with Gasteiger partial charge >= 0.3 is 6.09 Å². The standard InChI is InChI=1S/C32H37Cl2N3O9S/c1-20-16-24(17-21(2)29(20)34)45-15-7-6-14-44-23-10-8-22(9-11-23)18-27(35-31(39)46-32(3,4)5)30(38)36-47(42,43)25-12-13-26(33)28(19-25)37(40)41/h8-13,16-17,19,27H,6-7,14-15,18H2,1-5H3,(H,35,39)(H,36,38)/t27-/m0/s1. The molecule has 2 N–H and O–H groups in total. The summed E-state index contributed by atoms with van der Waals surface area (Å²) in [6, 6.07) is 11.9. The first-order valence-corrected chi connectivity index (χ1v) is 16.8. The van der Waals surface area contributed by atoms with Crippen molar-refractivity contribution in [1.82, 2.24) is 10.0 Å². The van der Waals surface area contributed by atoms with Crippen LogP contribution in [0.3, 0.4) is 0 Å². The number of ether oxygens (including phenoxy) is 3. The van der Waals surface area contributed by atoms with Crippen molar-refractivity contribution in [2.75, 3.05) is 13.2 Å². The molecule has 0 saturated carbocycles. The summed E-state index contributed by atoms with van der Waals surface area (Å²) in [6.45, 7) is 9.71. The van der Waals surface area contributed by atoms with Gasteiger partial charge in [-0.1, -0.05) is 35.3 Å². The van der Waals surface area contributed by atoms with E-state index in [1.807, 2.05) is 30.7 Å². The number of unbranched alkanes of at least 4 members (excludes halogenated alkanes) is 1. The summed E-state index contributed by atoms with van der Waals surface area (Å²) in [6.07, 6.45) is 0.448. The number of rotatable bonds is 14. The van der Waals surface area contributed by atoms with Crippen LogP contribution in [0, 0.1) is 24.0 Å². The monoisotopic (exact) mass is 709 g/mol. The van der Waals surface area contributed by atoms with Crippen LogP contribution in [0.1, 0.15) is 50.3 Å². The summed E-state index contributed by atoms with van der Waals surface area (Å²) in [5.41, 5.74) is 0.951. The quantitative estimate of drug-likeness (QED) is 0.105. The zero-order valence-corrected chi connectivity index (χ0v) is 28.9. The smallest absolute Gasteiger partial charge is 0.408 e. The van der Waals surface area contributed by atoms with Gasteiger partial charge in [0, 0.05) is 17.5 Å². The topological polar surface area (TPSA) is 163 Å². The first kappa shape index (κ1) is 37.4. The molecule has 0 aromatic heterocycles. The van der Waals surface area contributed by atoms with Gasteiger partial charge in [0.1, 0.15) is 28.2 Å². The number of alkyl carbamates (subject to hydrolysis) is 1. The summed E-state index contributed by atoms with van der Waals surface area (Å²) in [4.78, 5) is 35.6. The zero-order chi connectivity index (χ0) is 34.9. The lowest BCUT2D eigenvalue weighted by molar-refractivity contribution is -0.384. The third-order valence-electron chi connectivity index (χ3n) is 6.52. The average molecular weight is 711 g/mol. The van der Waals surface area contributed by atoms with Gasteiger partial charge in [0.05, 0.1) is 23.0 Å². The molecule has 0 fully saturated rings. The van der Waals surface area contributed by atoms with Crippen LogP contribution in [-0.4, -0.2) is 50.2 Å². The summed E-state index contributed by atoms with van der Waals surface area (Å²) in [7, 11) is -4.57. The van der Waals surface area contributed by atoms with Crippen molar-refractivity contribution in [3.63, 3.8) is 0 Å². The lowest BCUT2D eigenvalue weighted by atomic mass is 10.1. The number of aryl methyl sites for hydroxylation is 2. The maximum atomic E-state index is 13.2. The van der Waals surface area contributed by atoms with E-state index in [0.29, 0.717) is 24.5 Å². The Hall–Kier alpha value is -4.07. The highest BCUT2D eigenvalue weighted by atomic mass is 35.5. The molecule has 0 aliphatic heterocycles. The van der Waals surface area contributed by atoms with Crippen molar-refractivity contribution in [3.8, 4) is 11.5 Å². The molecule has 3 aromatic rings. The molecule has 2 amide bonds. The molecule has 0 radical (unpaired) electrons. The van der Waals surface area contributed by atoms with Crippen molar-refractivity contribution >= 4 is 50.9 Å². The highest BCUT2D eigenvalue weighted by Gasteiger charge is 2.29. The number of carbonyl (C=O) groups excluding carboxylic acids is 2. The predicted octanol–water partition coefficient (Wildman–Crippen LogP) is 6.70. The van der Waals surface area contributed by atoms with Gasteiger partial charge in [-0.15, -0.1) is 0 Å². The Labute approximate surface area is 283 Å². The van der Waals surface area contributed by atoms with Crippen LogP contribution >= 0.6 is 23.2 Å². The van der Waals surface area contributed by atoms with Gasteiger partial charge in [-0.05, 0) is 101 Å². The van der Waals surface area contributed by atoms with Crippen molar-refractivity contribution in [1.29, 1.82) is 0 Å². The lowest BCUT2D eigenvalue weighted by Gasteiger charge is -2.23. The molecule has 47 heavy (non-hydrogen) atoms. The molecule has 1 atom stereocenters. The Morgan fingerprint density at radius 3 is 2.04 bits per heavy atom. The molecule has 0 saturated heterocycles. The number of nitrogens with one attached hydrogen (secondary N) is 2. The number of nitrogens with zero attached hydrogens (tertiary/aromatic N) is 1. The van der Waals surface area contributed by atoms with Gasteiger partial charge in [0.2, 0.25) is 0 Å². The van der Waals surface area contributed by atoms with Crippen LogP contribution in [-0.2, 0) is 26.0 Å². The first-order valence-electron chi connectivity index (χ1n) is 14.6. The molecule has 254 valence electrons. The molecule has 3 rings (SSSR count). The molecule has 15 heteroatoms. The Balaban J connectivity index is 1.61. The fourth-order valence-corrected chi connectivity index (χ4v) is 5.59. The van der Waals surface area contributed by atoms with Crippen LogP contribution in [0.2, 0.25) is 10.0 Å². The average Bonchev–Trinajstić information content (AvgIpc) is 2.96. The van der Waals surface area contributed by atoms with Gasteiger partial charge in [-0.2, -0.15) is 0 Å². The largest absolute Gasteiger partial charge is 0.494 e. The summed E-state index contributed by atoms with van der Waals surface area (Å²) in [5.74, 6) is 0.257. The number of hydrogen-bond donors (Lipinski definition) is 2. The van der Waals surface area contributed by atoms with Gasteiger partial charge in [-0.25, -0.2) is 17.9 Å². The molecule has 0 aliphatic rings. The zero-order valence-electron chi connectivity index (χ0n) is 26.6. The summed E-state index contributed by atoms with van der Waals surface area (Å²) < 4.78 is 44.7. The second kappa shape index (κ2) is 16.2. The van der Waals surface area contributed by atoms with Gasteiger partial charge in [0.15, 0.2) is 0 Å². The fourth-order valence-electron chi connectivity index (χ4n) is 4.25. The van der Waals surface area contributed by atoms with E-state index in [-0.39, 0.29) is 11.4 Å². The van der Waals surface area contributed by atoms with Gasteiger partial charge in [-0.3, -0.25) is 14.9 Å². The molecule has 0 bridgehead atoms. The number of hydrogen-bond acceptors (Lipinski definition) is 9. The summed E-state index contributed by atoms with van der Waals surface area (Å²) >= 11 is 12.0. The molecule has 12 nitrogen and oxygen atoms in total. The van der Waals surface area contributed by atoms with E-state index in [4.69, 9.17) is 37.4 Å². The SMILES string of the molecule is Cc1cc(OCCCCOc2ccc(C[C@H](NC(=O)OC(C)(C)C)C(=O)NS(=O)(=O)c3ccc(Cl)c([N+](=O)[O-])c3)cc2)cc(C)c1Cl.